The fourth-order valence-corrected chi connectivity index (χ4v) is 3.94. The second-order valence-electron chi connectivity index (χ2n) is 5.32. The van der Waals surface area contributed by atoms with Gasteiger partial charge in [-0.1, -0.05) is 35.2 Å². The van der Waals surface area contributed by atoms with Crippen molar-refractivity contribution in [3.05, 3.63) is 27.7 Å². The SMILES string of the molecule is Cc1c(Br)cc(S(=O)(=O)Cl)cc1C(=O)NC1CCCCC1. The summed E-state index contributed by atoms with van der Waals surface area (Å²) in [6.45, 7) is 1.77. The van der Waals surface area contributed by atoms with E-state index in [0.717, 1.165) is 25.7 Å². The summed E-state index contributed by atoms with van der Waals surface area (Å²) in [4.78, 5) is 12.3. The van der Waals surface area contributed by atoms with Crippen LogP contribution in [0.5, 0.6) is 0 Å². The van der Waals surface area contributed by atoms with Gasteiger partial charge in [-0.15, -0.1) is 0 Å². The average molecular weight is 395 g/mol. The van der Waals surface area contributed by atoms with Crippen molar-refractivity contribution in [1.82, 2.24) is 5.32 Å². The number of carbonyl (C=O) groups excluding carboxylic acids is 1. The van der Waals surface area contributed by atoms with Gasteiger partial charge < -0.3 is 5.32 Å². The Balaban J connectivity index is 2.29. The molecule has 0 spiro atoms. The molecule has 116 valence electrons. The van der Waals surface area contributed by atoms with Gasteiger partial charge in [0.2, 0.25) is 0 Å². The Bertz CT molecular complexity index is 654. The van der Waals surface area contributed by atoms with E-state index >= 15 is 0 Å². The fraction of sp³-hybridized carbons (Fsp3) is 0.500. The molecule has 4 nitrogen and oxygen atoms in total. The fourth-order valence-electron chi connectivity index (χ4n) is 2.54. The minimum absolute atomic E-state index is 0.0737. The first-order valence-corrected chi connectivity index (χ1v) is 9.95. The molecule has 1 saturated carbocycles. The molecule has 1 amide bonds. The van der Waals surface area contributed by atoms with Crippen molar-refractivity contribution in [2.24, 2.45) is 0 Å². The summed E-state index contributed by atoms with van der Waals surface area (Å²) in [7, 11) is 1.50. The number of hydrogen-bond donors (Lipinski definition) is 1. The molecule has 1 aliphatic rings. The molecule has 0 heterocycles. The minimum Gasteiger partial charge on any atom is -0.349 e. The molecule has 1 aromatic rings. The minimum atomic E-state index is -3.87. The monoisotopic (exact) mass is 393 g/mol. The Hall–Kier alpha value is -0.590. The molecular formula is C14H17BrClNO3S. The molecule has 0 saturated heterocycles. The number of rotatable bonds is 3. The van der Waals surface area contributed by atoms with Crippen LogP contribution in [0.4, 0.5) is 0 Å². The van der Waals surface area contributed by atoms with Gasteiger partial charge in [0.15, 0.2) is 0 Å². The Morgan fingerprint density at radius 2 is 1.90 bits per heavy atom. The molecule has 2 rings (SSSR count). The molecule has 1 aromatic carbocycles. The summed E-state index contributed by atoms with van der Waals surface area (Å²) in [6.07, 6.45) is 5.38. The summed E-state index contributed by atoms with van der Waals surface area (Å²) in [5.41, 5.74) is 1.04. The van der Waals surface area contributed by atoms with Gasteiger partial charge >= 0.3 is 0 Å². The largest absolute Gasteiger partial charge is 0.349 e. The summed E-state index contributed by atoms with van der Waals surface area (Å²) in [6, 6.07) is 2.91. The summed E-state index contributed by atoms with van der Waals surface area (Å²) in [5.74, 6) is -0.248. The van der Waals surface area contributed by atoms with Gasteiger partial charge in [0.25, 0.3) is 15.0 Å². The van der Waals surface area contributed by atoms with Gasteiger partial charge in [-0.25, -0.2) is 8.42 Å². The van der Waals surface area contributed by atoms with Crippen molar-refractivity contribution in [1.29, 1.82) is 0 Å². The van der Waals surface area contributed by atoms with E-state index in [9.17, 15) is 13.2 Å². The van der Waals surface area contributed by atoms with Crippen LogP contribution in [0.25, 0.3) is 0 Å². The predicted molar refractivity (Wildman–Crippen MR) is 86.3 cm³/mol. The molecule has 1 fully saturated rings. The van der Waals surface area contributed by atoms with Crippen LogP contribution in [-0.4, -0.2) is 20.4 Å². The van der Waals surface area contributed by atoms with Crippen LogP contribution in [0.15, 0.2) is 21.5 Å². The van der Waals surface area contributed by atoms with Crippen molar-refractivity contribution >= 4 is 41.6 Å². The molecule has 21 heavy (non-hydrogen) atoms. The zero-order chi connectivity index (χ0) is 15.6. The Kier molecular flexibility index (Phi) is 5.33. The molecule has 0 aromatic heterocycles. The van der Waals surface area contributed by atoms with Gasteiger partial charge in [-0.2, -0.15) is 0 Å². The first kappa shape index (κ1) is 16.8. The number of amides is 1. The molecule has 0 radical (unpaired) electrons. The highest BCUT2D eigenvalue weighted by atomic mass is 79.9. The van der Waals surface area contributed by atoms with E-state index in [2.05, 4.69) is 21.2 Å². The van der Waals surface area contributed by atoms with E-state index < -0.39 is 9.05 Å². The summed E-state index contributed by atoms with van der Waals surface area (Å²) < 4.78 is 23.5. The average Bonchev–Trinajstić information content (AvgIpc) is 2.41. The lowest BCUT2D eigenvalue weighted by Crippen LogP contribution is -2.36. The number of benzene rings is 1. The van der Waals surface area contributed by atoms with E-state index in [1.165, 1.54) is 18.6 Å². The topological polar surface area (TPSA) is 63.2 Å². The Morgan fingerprint density at radius 1 is 1.29 bits per heavy atom. The van der Waals surface area contributed by atoms with Crippen LogP contribution >= 0.6 is 26.6 Å². The highest BCUT2D eigenvalue weighted by Gasteiger charge is 2.21. The maximum Gasteiger partial charge on any atom is 0.261 e. The van der Waals surface area contributed by atoms with Crippen LogP contribution < -0.4 is 5.32 Å². The highest BCUT2D eigenvalue weighted by molar-refractivity contribution is 9.10. The Morgan fingerprint density at radius 3 is 2.48 bits per heavy atom. The smallest absolute Gasteiger partial charge is 0.261 e. The normalized spacial score (nSPS) is 16.7. The molecule has 7 heteroatoms. The summed E-state index contributed by atoms with van der Waals surface area (Å²) >= 11 is 3.28. The van der Waals surface area contributed by atoms with Gasteiger partial charge in [-0.3, -0.25) is 4.79 Å². The lowest BCUT2D eigenvalue weighted by Gasteiger charge is -2.23. The molecule has 0 bridgehead atoms. The van der Waals surface area contributed by atoms with E-state index in [4.69, 9.17) is 10.7 Å². The van der Waals surface area contributed by atoms with Crippen molar-refractivity contribution in [3.8, 4) is 0 Å². The molecular weight excluding hydrogens is 378 g/mol. The number of halogens is 2. The van der Waals surface area contributed by atoms with Crippen LogP contribution in [0.3, 0.4) is 0 Å². The molecule has 0 aliphatic heterocycles. The van der Waals surface area contributed by atoms with Crippen LogP contribution in [0, 0.1) is 6.92 Å². The van der Waals surface area contributed by atoms with Crippen LogP contribution in [-0.2, 0) is 9.05 Å². The van der Waals surface area contributed by atoms with E-state index in [1.807, 2.05) is 0 Å². The maximum atomic E-state index is 12.4. The van der Waals surface area contributed by atoms with E-state index in [1.54, 1.807) is 6.92 Å². The van der Waals surface area contributed by atoms with Gasteiger partial charge in [0, 0.05) is 26.8 Å². The molecule has 0 atom stereocenters. The first-order chi connectivity index (χ1) is 9.79. The third-order valence-corrected chi connectivity index (χ3v) is 5.94. The van der Waals surface area contributed by atoms with Gasteiger partial charge in [0.1, 0.15) is 0 Å². The lowest BCUT2D eigenvalue weighted by molar-refractivity contribution is 0.0927. The molecule has 0 unspecified atom stereocenters. The second-order valence-corrected chi connectivity index (χ2v) is 8.74. The van der Waals surface area contributed by atoms with Gasteiger partial charge in [-0.05, 0) is 37.5 Å². The predicted octanol–water partition coefficient (Wildman–Crippen LogP) is 3.75. The second kappa shape index (κ2) is 6.67. The van der Waals surface area contributed by atoms with Crippen molar-refractivity contribution < 1.29 is 13.2 Å². The zero-order valence-electron chi connectivity index (χ0n) is 11.7. The third kappa shape index (κ3) is 4.20. The summed E-state index contributed by atoms with van der Waals surface area (Å²) in [5, 5.41) is 2.98. The lowest BCUT2D eigenvalue weighted by atomic mass is 9.95. The van der Waals surface area contributed by atoms with Gasteiger partial charge in [0.05, 0.1) is 4.90 Å². The number of hydrogen-bond acceptors (Lipinski definition) is 3. The molecule has 1 aliphatic carbocycles. The number of carbonyl (C=O) groups is 1. The van der Waals surface area contributed by atoms with Crippen molar-refractivity contribution in [2.45, 2.75) is 50.0 Å². The van der Waals surface area contributed by atoms with Crippen molar-refractivity contribution in [2.75, 3.05) is 0 Å². The van der Waals surface area contributed by atoms with Crippen LogP contribution in [0.2, 0.25) is 0 Å². The standard InChI is InChI=1S/C14H17BrClNO3S/c1-9-12(7-11(8-13(9)15)21(16,19)20)14(18)17-10-5-3-2-4-6-10/h7-8,10H,2-6H2,1H3,(H,17,18). The highest BCUT2D eigenvalue weighted by Crippen LogP contribution is 2.27. The van der Waals surface area contributed by atoms with Crippen molar-refractivity contribution in [3.63, 3.8) is 0 Å². The number of nitrogens with one attached hydrogen (secondary N) is 1. The van der Waals surface area contributed by atoms with E-state index in [-0.39, 0.29) is 16.8 Å². The van der Waals surface area contributed by atoms with E-state index in [0.29, 0.717) is 15.6 Å². The first-order valence-electron chi connectivity index (χ1n) is 6.84. The molecule has 1 N–H and O–H groups in total. The quantitative estimate of drug-likeness (QED) is 0.794. The zero-order valence-corrected chi connectivity index (χ0v) is 14.8. The third-order valence-electron chi connectivity index (χ3n) is 3.78. The van der Waals surface area contributed by atoms with Crippen LogP contribution in [0.1, 0.15) is 48.0 Å². The Labute approximate surface area is 137 Å². The maximum absolute atomic E-state index is 12.4.